The average Bonchev–Trinajstić information content (AvgIpc) is 3.33. The number of hydrogen-bond acceptors (Lipinski definition) is 6. The van der Waals surface area contributed by atoms with Crippen molar-refractivity contribution in [2.45, 2.75) is 30.3 Å². The SMILES string of the molecule is O=C(N[C@@H]1CCOC1)c1cccc(S(=O)(=O)NCCCn2cncn2)c1. The predicted octanol–water partition coefficient (Wildman–Crippen LogP) is 0.165. The van der Waals surface area contributed by atoms with Crippen LogP contribution in [0.4, 0.5) is 0 Å². The Morgan fingerprint density at radius 1 is 1.38 bits per heavy atom. The largest absolute Gasteiger partial charge is 0.379 e. The van der Waals surface area contributed by atoms with E-state index in [9.17, 15) is 13.2 Å². The number of nitrogens with zero attached hydrogens (tertiary/aromatic N) is 3. The van der Waals surface area contributed by atoms with Gasteiger partial charge in [-0.2, -0.15) is 5.10 Å². The monoisotopic (exact) mass is 379 g/mol. The van der Waals surface area contributed by atoms with Crippen molar-refractivity contribution in [1.82, 2.24) is 24.8 Å². The van der Waals surface area contributed by atoms with Gasteiger partial charge in [0.25, 0.3) is 5.91 Å². The van der Waals surface area contributed by atoms with Gasteiger partial charge in [0.05, 0.1) is 17.5 Å². The van der Waals surface area contributed by atoms with Crippen LogP contribution in [0.5, 0.6) is 0 Å². The number of aromatic nitrogens is 3. The molecular formula is C16H21N5O4S. The van der Waals surface area contributed by atoms with Gasteiger partial charge in [-0.15, -0.1) is 0 Å². The van der Waals surface area contributed by atoms with E-state index in [1.165, 1.54) is 18.5 Å². The zero-order valence-corrected chi connectivity index (χ0v) is 15.0. The zero-order chi connectivity index (χ0) is 18.4. The first-order chi connectivity index (χ1) is 12.5. The van der Waals surface area contributed by atoms with Gasteiger partial charge in [-0.25, -0.2) is 18.1 Å². The van der Waals surface area contributed by atoms with E-state index in [0.717, 1.165) is 6.42 Å². The van der Waals surface area contributed by atoms with E-state index in [1.807, 2.05) is 0 Å². The second-order valence-corrected chi connectivity index (χ2v) is 7.74. The highest BCUT2D eigenvalue weighted by Gasteiger charge is 2.20. The number of carbonyl (C=O) groups excluding carboxylic acids is 1. The summed E-state index contributed by atoms with van der Waals surface area (Å²) in [4.78, 5) is 16.2. The van der Waals surface area contributed by atoms with Gasteiger partial charge in [0, 0.05) is 25.3 Å². The Bertz CT molecular complexity index is 832. The molecule has 9 nitrogen and oxygen atoms in total. The maximum atomic E-state index is 12.4. The molecule has 140 valence electrons. The number of sulfonamides is 1. The smallest absolute Gasteiger partial charge is 0.251 e. The Labute approximate surface area is 151 Å². The highest BCUT2D eigenvalue weighted by molar-refractivity contribution is 7.89. The highest BCUT2D eigenvalue weighted by atomic mass is 32.2. The molecule has 2 N–H and O–H groups in total. The third-order valence-electron chi connectivity index (χ3n) is 3.99. The first kappa shape index (κ1) is 18.5. The number of benzene rings is 1. The fraction of sp³-hybridized carbons (Fsp3) is 0.438. The molecule has 1 aliphatic rings. The van der Waals surface area contributed by atoms with Crippen molar-refractivity contribution in [2.75, 3.05) is 19.8 Å². The third-order valence-corrected chi connectivity index (χ3v) is 5.45. The molecule has 10 heteroatoms. The van der Waals surface area contributed by atoms with Crippen LogP contribution in [0.2, 0.25) is 0 Å². The minimum atomic E-state index is -3.68. The van der Waals surface area contributed by atoms with Crippen molar-refractivity contribution >= 4 is 15.9 Å². The van der Waals surface area contributed by atoms with E-state index in [1.54, 1.807) is 23.1 Å². The van der Waals surface area contributed by atoms with E-state index in [0.29, 0.717) is 31.7 Å². The minimum Gasteiger partial charge on any atom is -0.379 e. The molecule has 2 aromatic rings. The molecule has 0 radical (unpaired) electrons. The minimum absolute atomic E-state index is 0.0299. The fourth-order valence-corrected chi connectivity index (χ4v) is 3.72. The van der Waals surface area contributed by atoms with Crippen LogP contribution >= 0.6 is 0 Å². The molecule has 1 fully saturated rings. The molecule has 1 aromatic carbocycles. The highest BCUT2D eigenvalue weighted by Crippen LogP contribution is 2.13. The molecule has 0 bridgehead atoms. The molecule has 1 aromatic heterocycles. The lowest BCUT2D eigenvalue weighted by Gasteiger charge is -2.12. The van der Waals surface area contributed by atoms with Crippen molar-refractivity contribution in [3.63, 3.8) is 0 Å². The quantitative estimate of drug-likeness (QED) is 0.632. The second-order valence-electron chi connectivity index (χ2n) is 5.97. The Kier molecular flexibility index (Phi) is 5.96. The van der Waals surface area contributed by atoms with Gasteiger partial charge in [-0.1, -0.05) is 6.07 Å². The Hall–Kier alpha value is -2.30. The number of aryl methyl sites for hydroxylation is 1. The second kappa shape index (κ2) is 8.39. The lowest BCUT2D eigenvalue weighted by molar-refractivity contribution is 0.0929. The van der Waals surface area contributed by atoms with Gasteiger partial charge < -0.3 is 10.1 Å². The standard InChI is InChI=1S/C16H21N5O4S/c22-16(20-14-5-8-25-10-14)13-3-1-4-15(9-13)26(23,24)19-6-2-7-21-12-17-11-18-21/h1,3-4,9,11-12,14,19H,2,5-8,10H2,(H,20,22)/t14-/m1/s1. The van der Waals surface area contributed by atoms with Crippen LogP contribution in [0.3, 0.4) is 0 Å². The van der Waals surface area contributed by atoms with Crippen LogP contribution < -0.4 is 10.0 Å². The van der Waals surface area contributed by atoms with Crippen LogP contribution in [0, 0.1) is 0 Å². The van der Waals surface area contributed by atoms with Crippen LogP contribution in [-0.2, 0) is 21.3 Å². The van der Waals surface area contributed by atoms with E-state index in [2.05, 4.69) is 20.1 Å². The maximum absolute atomic E-state index is 12.4. The summed E-state index contributed by atoms with van der Waals surface area (Å²) in [5.74, 6) is -0.302. The third kappa shape index (κ3) is 4.87. The van der Waals surface area contributed by atoms with Crippen LogP contribution in [-0.4, -0.2) is 54.9 Å². The summed E-state index contributed by atoms with van der Waals surface area (Å²) in [5.41, 5.74) is 0.308. The number of ether oxygens (including phenoxy) is 1. The zero-order valence-electron chi connectivity index (χ0n) is 14.2. The summed E-state index contributed by atoms with van der Waals surface area (Å²) in [6.07, 6.45) is 4.34. The van der Waals surface area contributed by atoms with Crippen molar-refractivity contribution in [1.29, 1.82) is 0 Å². The molecular weight excluding hydrogens is 358 g/mol. The van der Waals surface area contributed by atoms with Gasteiger partial charge in [-0.05, 0) is 31.0 Å². The molecule has 0 saturated carbocycles. The molecule has 26 heavy (non-hydrogen) atoms. The van der Waals surface area contributed by atoms with Crippen LogP contribution in [0.1, 0.15) is 23.2 Å². The molecule has 2 heterocycles. The first-order valence-electron chi connectivity index (χ1n) is 8.35. The number of hydrogen-bond donors (Lipinski definition) is 2. The van der Waals surface area contributed by atoms with Crippen molar-refractivity contribution in [2.24, 2.45) is 0 Å². The number of amides is 1. The predicted molar refractivity (Wildman–Crippen MR) is 93.0 cm³/mol. The normalized spacial score (nSPS) is 17.3. The lowest BCUT2D eigenvalue weighted by Crippen LogP contribution is -2.35. The topological polar surface area (TPSA) is 115 Å². The summed E-state index contributed by atoms with van der Waals surface area (Å²) < 4.78 is 34.2. The summed E-state index contributed by atoms with van der Waals surface area (Å²) in [7, 11) is -3.68. The Morgan fingerprint density at radius 2 is 2.27 bits per heavy atom. The number of nitrogens with one attached hydrogen (secondary N) is 2. The van der Waals surface area contributed by atoms with Crippen molar-refractivity contribution in [3.8, 4) is 0 Å². The Balaban J connectivity index is 1.57. The summed E-state index contributed by atoms with van der Waals surface area (Å²) in [6, 6.07) is 5.97. The Morgan fingerprint density at radius 3 is 3.00 bits per heavy atom. The molecule has 1 aliphatic heterocycles. The molecule has 3 rings (SSSR count). The van der Waals surface area contributed by atoms with E-state index >= 15 is 0 Å². The van der Waals surface area contributed by atoms with E-state index < -0.39 is 10.0 Å². The number of rotatable bonds is 8. The van der Waals surface area contributed by atoms with Crippen LogP contribution in [0.15, 0.2) is 41.8 Å². The summed E-state index contributed by atoms with van der Waals surface area (Å²) in [5, 5.41) is 6.80. The summed E-state index contributed by atoms with van der Waals surface area (Å²) >= 11 is 0. The van der Waals surface area contributed by atoms with Crippen molar-refractivity contribution in [3.05, 3.63) is 42.5 Å². The van der Waals surface area contributed by atoms with E-state index in [-0.39, 0.29) is 23.4 Å². The average molecular weight is 379 g/mol. The lowest BCUT2D eigenvalue weighted by atomic mass is 10.2. The molecule has 0 spiro atoms. The van der Waals surface area contributed by atoms with Crippen molar-refractivity contribution < 1.29 is 17.9 Å². The molecule has 1 atom stereocenters. The van der Waals surface area contributed by atoms with Gasteiger partial charge in [0.1, 0.15) is 12.7 Å². The molecule has 0 aliphatic carbocycles. The van der Waals surface area contributed by atoms with Gasteiger partial charge >= 0.3 is 0 Å². The maximum Gasteiger partial charge on any atom is 0.251 e. The van der Waals surface area contributed by atoms with Gasteiger partial charge in [0.15, 0.2) is 0 Å². The van der Waals surface area contributed by atoms with Crippen LogP contribution in [0.25, 0.3) is 0 Å². The molecule has 1 amide bonds. The number of carbonyl (C=O) groups is 1. The molecule has 1 saturated heterocycles. The first-order valence-corrected chi connectivity index (χ1v) is 9.84. The van der Waals surface area contributed by atoms with E-state index in [4.69, 9.17) is 4.74 Å². The van der Waals surface area contributed by atoms with Gasteiger partial charge in [-0.3, -0.25) is 9.48 Å². The van der Waals surface area contributed by atoms with Gasteiger partial charge in [0.2, 0.25) is 10.0 Å². The molecule has 0 unspecified atom stereocenters. The fourth-order valence-electron chi connectivity index (χ4n) is 2.60. The summed E-state index contributed by atoms with van der Waals surface area (Å²) in [6.45, 7) is 1.93.